The number of unbranched alkanes of at least 4 members (excludes halogenated alkanes) is 1. The third-order valence-electron chi connectivity index (χ3n) is 2.12. The molecule has 0 radical (unpaired) electrons. The summed E-state index contributed by atoms with van der Waals surface area (Å²) >= 11 is 1.32. The fourth-order valence-corrected chi connectivity index (χ4v) is 2.11. The molecule has 0 unspecified atom stereocenters. The number of aromatic carboxylic acids is 1. The average Bonchev–Trinajstić information content (AvgIpc) is 2.72. The fourth-order valence-electron chi connectivity index (χ4n) is 1.30. The Balaban J connectivity index is 2.14. The van der Waals surface area contributed by atoms with Gasteiger partial charge in [0.25, 0.3) is 0 Å². The highest BCUT2D eigenvalue weighted by atomic mass is 32.1. The van der Waals surface area contributed by atoms with E-state index in [0.717, 1.165) is 37.4 Å². The van der Waals surface area contributed by atoms with Crippen molar-refractivity contribution in [2.75, 3.05) is 20.3 Å². The summed E-state index contributed by atoms with van der Waals surface area (Å²) in [5.41, 5.74) is 0. The molecule has 0 aliphatic heterocycles. The molecule has 0 aliphatic rings. The number of thiophene rings is 1. The Morgan fingerprint density at radius 3 is 2.94 bits per heavy atom. The van der Waals surface area contributed by atoms with Crippen LogP contribution in [0.25, 0.3) is 0 Å². The van der Waals surface area contributed by atoms with Gasteiger partial charge in [-0.05, 0) is 31.5 Å². The number of nitrogens with one attached hydrogen (secondary N) is 1. The lowest BCUT2D eigenvalue weighted by atomic mass is 10.3. The fraction of sp³-hybridized carbons (Fsp3) is 0.545. The van der Waals surface area contributed by atoms with Crippen LogP contribution in [0, 0.1) is 0 Å². The molecule has 16 heavy (non-hydrogen) atoms. The van der Waals surface area contributed by atoms with Crippen LogP contribution in [0.3, 0.4) is 0 Å². The maximum Gasteiger partial charge on any atom is 0.345 e. The van der Waals surface area contributed by atoms with E-state index in [1.165, 1.54) is 11.3 Å². The van der Waals surface area contributed by atoms with Crippen molar-refractivity contribution in [1.29, 1.82) is 0 Å². The minimum Gasteiger partial charge on any atom is -0.477 e. The molecule has 1 rings (SSSR count). The average molecular weight is 243 g/mol. The van der Waals surface area contributed by atoms with Gasteiger partial charge in [0, 0.05) is 25.1 Å². The van der Waals surface area contributed by atoms with Gasteiger partial charge in [0.15, 0.2) is 0 Å². The minimum atomic E-state index is -0.851. The first-order chi connectivity index (χ1) is 7.74. The Bertz CT molecular complexity index is 325. The predicted molar refractivity (Wildman–Crippen MR) is 64.1 cm³/mol. The number of carboxylic acid groups (broad SMARTS) is 1. The van der Waals surface area contributed by atoms with Gasteiger partial charge in [-0.2, -0.15) is 0 Å². The summed E-state index contributed by atoms with van der Waals surface area (Å²) < 4.78 is 4.95. The predicted octanol–water partition coefficient (Wildman–Crippen LogP) is 1.96. The van der Waals surface area contributed by atoms with Gasteiger partial charge >= 0.3 is 5.97 Å². The highest BCUT2D eigenvalue weighted by molar-refractivity contribution is 7.13. The molecule has 1 aromatic heterocycles. The summed E-state index contributed by atoms with van der Waals surface area (Å²) in [5, 5.41) is 12.0. The number of ether oxygens (including phenoxy) is 1. The van der Waals surface area contributed by atoms with Crippen LogP contribution in [0.15, 0.2) is 12.1 Å². The summed E-state index contributed by atoms with van der Waals surface area (Å²) in [4.78, 5) is 12.1. The van der Waals surface area contributed by atoms with Gasteiger partial charge in [0.1, 0.15) is 4.88 Å². The maximum atomic E-state index is 10.6. The molecule has 1 aromatic rings. The van der Waals surface area contributed by atoms with E-state index in [2.05, 4.69) is 5.32 Å². The van der Waals surface area contributed by atoms with E-state index >= 15 is 0 Å². The molecule has 0 bridgehead atoms. The van der Waals surface area contributed by atoms with Gasteiger partial charge in [-0.1, -0.05) is 0 Å². The SMILES string of the molecule is COCCCCNCc1ccc(C(=O)O)s1. The highest BCUT2D eigenvalue weighted by Crippen LogP contribution is 2.15. The van der Waals surface area contributed by atoms with Crippen molar-refractivity contribution in [2.45, 2.75) is 19.4 Å². The van der Waals surface area contributed by atoms with Gasteiger partial charge in [0.2, 0.25) is 0 Å². The summed E-state index contributed by atoms with van der Waals surface area (Å²) in [6, 6.07) is 3.51. The quantitative estimate of drug-likeness (QED) is 0.685. The molecule has 0 aliphatic carbocycles. The largest absolute Gasteiger partial charge is 0.477 e. The first-order valence-electron chi connectivity index (χ1n) is 5.25. The van der Waals surface area contributed by atoms with Crippen LogP contribution in [0.4, 0.5) is 0 Å². The van der Waals surface area contributed by atoms with Crippen molar-refractivity contribution in [1.82, 2.24) is 5.32 Å². The van der Waals surface area contributed by atoms with Crippen LogP contribution in [-0.2, 0) is 11.3 Å². The minimum absolute atomic E-state index is 0.399. The van der Waals surface area contributed by atoms with E-state index in [4.69, 9.17) is 9.84 Å². The molecule has 0 saturated carbocycles. The Labute approximate surface area is 99.2 Å². The topological polar surface area (TPSA) is 58.6 Å². The first-order valence-corrected chi connectivity index (χ1v) is 6.07. The number of hydrogen-bond donors (Lipinski definition) is 2. The van der Waals surface area contributed by atoms with Crippen molar-refractivity contribution in [3.8, 4) is 0 Å². The highest BCUT2D eigenvalue weighted by Gasteiger charge is 2.05. The zero-order valence-electron chi connectivity index (χ0n) is 9.36. The third-order valence-corrected chi connectivity index (χ3v) is 3.20. The monoisotopic (exact) mass is 243 g/mol. The lowest BCUT2D eigenvalue weighted by Crippen LogP contribution is -2.14. The van der Waals surface area contributed by atoms with E-state index in [-0.39, 0.29) is 0 Å². The third kappa shape index (κ3) is 4.74. The second-order valence-corrected chi connectivity index (χ2v) is 4.62. The number of hydrogen-bond acceptors (Lipinski definition) is 4. The lowest BCUT2D eigenvalue weighted by molar-refractivity contribution is 0.0702. The van der Waals surface area contributed by atoms with Crippen LogP contribution in [0.2, 0.25) is 0 Å². The Morgan fingerprint density at radius 2 is 2.31 bits per heavy atom. The van der Waals surface area contributed by atoms with Crippen LogP contribution in [-0.4, -0.2) is 31.3 Å². The molecule has 0 saturated heterocycles. The van der Waals surface area contributed by atoms with Gasteiger partial charge in [-0.25, -0.2) is 4.79 Å². The summed E-state index contributed by atoms with van der Waals surface area (Å²) in [7, 11) is 1.70. The van der Waals surface area contributed by atoms with E-state index in [1.54, 1.807) is 13.2 Å². The van der Waals surface area contributed by atoms with Gasteiger partial charge < -0.3 is 15.2 Å². The van der Waals surface area contributed by atoms with Gasteiger partial charge in [-0.3, -0.25) is 0 Å². The smallest absolute Gasteiger partial charge is 0.345 e. The van der Waals surface area contributed by atoms with Crippen LogP contribution in [0.5, 0.6) is 0 Å². The zero-order chi connectivity index (χ0) is 11.8. The standard InChI is InChI=1S/C11H17NO3S/c1-15-7-3-2-6-12-8-9-4-5-10(16-9)11(13)14/h4-5,12H,2-3,6-8H2,1H3,(H,13,14). The molecule has 90 valence electrons. The summed E-state index contributed by atoms with van der Waals surface area (Å²) in [6.45, 7) is 2.47. The molecule has 0 aromatic carbocycles. The van der Waals surface area contributed by atoms with Crippen molar-refractivity contribution in [3.63, 3.8) is 0 Å². The normalized spacial score (nSPS) is 10.6. The van der Waals surface area contributed by atoms with Gasteiger partial charge in [-0.15, -0.1) is 11.3 Å². The second kappa shape index (κ2) is 7.38. The van der Waals surface area contributed by atoms with Crippen LogP contribution in [0.1, 0.15) is 27.4 Å². The van der Waals surface area contributed by atoms with Crippen LogP contribution < -0.4 is 5.32 Å². The van der Waals surface area contributed by atoms with Crippen molar-refractivity contribution < 1.29 is 14.6 Å². The zero-order valence-corrected chi connectivity index (χ0v) is 10.2. The van der Waals surface area contributed by atoms with E-state index in [9.17, 15) is 4.79 Å². The number of methoxy groups -OCH3 is 1. The summed E-state index contributed by atoms with van der Waals surface area (Å²) in [6.07, 6.45) is 2.12. The Hall–Kier alpha value is -0.910. The van der Waals surface area contributed by atoms with Crippen molar-refractivity contribution >= 4 is 17.3 Å². The summed E-state index contributed by atoms with van der Waals surface area (Å²) in [5.74, 6) is -0.851. The number of rotatable bonds is 8. The molecule has 0 fully saturated rings. The molecule has 4 nitrogen and oxygen atoms in total. The molecular weight excluding hydrogens is 226 g/mol. The van der Waals surface area contributed by atoms with Crippen molar-refractivity contribution in [3.05, 3.63) is 21.9 Å². The van der Waals surface area contributed by atoms with E-state index in [0.29, 0.717) is 4.88 Å². The molecule has 2 N–H and O–H groups in total. The van der Waals surface area contributed by atoms with E-state index in [1.807, 2.05) is 6.07 Å². The van der Waals surface area contributed by atoms with Gasteiger partial charge in [0.05, 0.1) is 0 Å². The maximum absolute atomic E-state index is 10.6. The molecular formula is C11H17NO3S. The van der Waals surface area contributed by atoms with E-state index < -0.39 is 5.97 Å². The molecule has 0 atom stereocenters. The number of carboxylic acids is 1. The Kier molecular flexibility index (Phi) is 6.07. The molecule has 1 heterocycles. The lowest BCUT2D eigenvalue weighted by Gasteiger charge is -2.02. The Morgan fingerprint density at radius 1 is 1.50 bits per heavy atom. The number of carbonyl (C=O) groups is 1. The second-order valence-electron chi connectivity index (χ2n) is 3.45. The first kappa shape index (κ1) is 13.2. The molecule has 0 amide bonds. The molecule has 0 spiro atoms. The van der Waals surface area contributed by atoms with Crippen molar-refractivity contribution in [2.24, 2.45) is 0 Å². The van der Waals surface area contributed by atoms with Crippen LogP contribution >= 0.6 is 11.3 Å². The molecule has 5 heteroatoms.